The predicted octanol–water partition coefficient (Wildman–Crippen LogP) is 6.25. The summed E-state index contributed by atoms with van der Waals surface area (Å²) in [6.07, 6.45) is 7.74. The second-order valence-electron chi connectivity index (χ2n) is 9.86. The van der Waals surface area contributed by atoms with Crippen molar-refractivity contribution in [2.75, 3.05) is 6.54 Å². The molecule has 1 amide bonds. The molecule has 1 N–H and O–H groups in total. The lowest BCUT2D eigenvalue weighted by Gasteiger charge is -2.15. The molecular weight excluding hydrogens is 580 g/mol. The third-order valence-electron chi connectivity index (χ3n) is 5.94. The fourth-order valence-corrected chi connectivity index (χ4v) is 5.64. The summed E-state index contributed by atoms with van der Waals surface area (Å²) in [5, 5.41) is 15.8. The number of amidine groups is 1. The Morgan fingerprint density at radius 1 is 1.25 bits per heavy atom. The zero-order valence-corrected chi connectivity index (χ0v) is 24.8. The van der Waals surface area contributed by atoms with E-state index in [1.165, 1.54) is 10.7 Å². The zero-order valence-electron chi connectivity index (χ0n) is 22.3. The van der Waals surface area contributed by atoms with E-state index in [1.807, 2.05) is 26.0 Å². The molecule has 8 nitrogen and oxygen atoms in total. The van der Waals surface area contributed by atoms with Crippen LogP contribution in [0.25, 0.3) is 5.70 Å². The molecule has 0 radical (unpaired) electrons. The van der Waals surface area contributed by atoms with Gasteiger partial charge in [-0.1, -0.05) is 55.3 Å². The van der Waals surface area contributed by atoms with Crippen molar-refractivity contribution in [3.8, 4) is 0 Å². The van der Waals surface area contributed by atoms with Crippen molar-refractivity contribution in [3.63, 3.8) is 0 Å². The molecule has 0 fully saturated rings. The summed E-state index contributed by atoms with van der Waals surface area (Å²) in [5.41, 5.74) is 1.69. The molecule has 1 aromatic carbocycles. The maximum atomic E-state index is 13.9. The molecule has 0 saturated heterocycles. The van der Waals surface area contributed by atoms with E-state index in [9.17, 15) is 18.4 Å². The van der Waals surface area contributed by atoms with Gasteiger partial charge in [-0.25, -0.2) is 4.68 Å². The van der Waals surface area contributed by atoms with E-state index in [-0.39, 0.29) is 29.6 Å². The highest BCUT2D eigenvalue weighted by Crippen LogP contribution is 2.31. The quantitative estimate of drug-likeness (QED) is 0.256. The highest BCUT2D eigenvalue weighted by molar-refractivity contribution is 7.66. The maximum absolute atomic E-state index is 13.9. The lowest BCUT2D eigenvalue weighted by molar-refractivity contribution is -0.532. The number of carbonyl (C=O) groups excluding carboxylic acids is 2. The summed E-state index contributed by atoms with van der Waals surface area (Å²) >= 11 is 12.8. The van der Waals surface area contributed by atoms with Gasteiger partial charge in [0.2, 0.25) is 5.52 Å². The molecular formula is C27H28Cl2F2N6O2P+. The Kier molecular flexibility index (Phi) is 9.12. The normalized spacial score (nSPS) is 15.4. The van der Waals surface area contributed by atoms with Gasteiger partial charge in [-0.2, -0.15) is 13.9 Å². The van der Waals surface area contributed by atoms with E-state index in [4.69, 9.17) is 23.2 Å². The minimum Gasteiger partial charge on any atom is -0.352 e. The van der Waals surface area contributed by atoms with Gasteiger partial charge in [0, 0.05) is 29.2 Å². The standard InChI is InChI=1S/C27H27Cl2F2N6O2P/c1-15(2)13-32-24(38)19-11-17(28)10-16(3)23(19)40-25(39)22-12-18(14-36-26(33-35-36)27(4,30)31)34-37(22)21-9-7-5-6-8-20(21)29/h5-6,8-12,15,40H,7,13-14H2,1-4H3/p+1. The number of aromatic nitrogens is 2. The monoisotopic (exact) mass is 607 g/mol. The molecule has 0 bridgehead atoms. The van der Waals surface area contributed by atoms with Crippen LogP contribution in [0, 0.1) is 12.8 Å². The van der Waals surface area contributed by atoms with Crippen LogP contribution in [-0.2, 0) is 6.54 Å². The predicted molar refractivity (Wildman–Crippen MR) is 154 cm³/mol. The zero-order chi connectivity index (χ0) is 29.2. The first-order valence-electron chi connectivity index (χ1n) is 12.5. The molecule has 2 aromatic rings. The largest absolute Gasteiger partial charge is 0.356 e. The van der Waals surface area contributed by atoms with Crippen molar-refractivity contribution >= 4 is 60.1 Å². The molecule has 4 rings (SSSR count). The minimum atomic E-state index is -3.18. The van der Waals surface area contributed by atoms with Gasteiger partial charge in [-0.05, 0) is 63.0 Å². The van der Waals surface area contributed by atoms with Gasteiger partial charge in [0.1, 0.15) is 17.9 Å². The highest BCUT2D eigenvalue weighted by Gasteiger charge is 2.44. The number of halogens is 4. The number of rotatable bonds is 10. The first kappa shape index (κ1) is 29.9. The SMILES string of the molecule is Cc1cc(Cl)cc(C(=O)NCC(C)C)c1PC(=O)c1cc(C[N+]2=NN=C2C(C)(F)F)nn1C1=CCC=CC=C1Cl. The highest BCUT2D eigenvalue weighted by atomic mass is 35.5. The van der Waals surface area contributed by atoms with Gasteiger partial charge in [0.25, 0.3) is 5.91 Å². The van der Waals surface area contributed by atoms with Crippen LogP contribution in [0.4, 0.5) is 8.78 Å². The molecule has 1 unspecified atom stereocenters. The average molecular weight is 608 g/mol. The van der Waals surface area contributed by atoms with Crippen LogP contribution in [0.3, 0.4) is 0 Å². The van der Waals surface area contributed by atoms with E-state index < -0.39 is 20.3 Å². The summed E-state index contributed by atoms with van der Waals surface area (Å²) in [4.78, 5) is 26.9. The fourth-order valence-electron chi connectivity index (χ4n) is 4.02. The van der Waals surface area contributed by atoms with Crippen LogP contribution in [0.5, 0.6) is 0 Å². The van der Waals surface area contributed by atoms with Gasteiger partial charge in [-0.15, -0.1) is 4.70 Å². The number of benzene rings is 1. The van der Waals surface area contributed by atoms with Gasteiger partial charge in [0.15, 0.2) is 0 Å². The molecule has 13 heteroatoms. The molecule has 1 aliphatic carbocycles. The average Bonchev–Trinajstić information content (AvgIpc) is 3.14. The van der Waals surface area contributed by atoms with Crippen molar-refractivity contribution in [1.82, 2.24) is 15.1 Å². The molecule has 1 atom stereocenters. The van der Waals surface area contributed by atoms with Crippen LogP contribution in [-0.4, -0.2) is 44.2 Å². The molecule has 1 aliphatic heterocycles. The number of allylic oxidation sites excluding steroid dienone is 6. The van der Waals surface area contributed by atoms with Gasteiger partial charge in [-0.3, -0.25) is 9.59 Å². The molecule has 0 saturated carbocycles. The minimum absolute atomic E-state index is 0.117. The van der Waals surface area contributed by atoms with Gasteiger partial charge >= 0.3 is 11.8 Å². The van der Waals surface area contributed by atoms with Crippen molar-refractivity contribution in [1.29, 1.82) is 0 Å². The van der Waals surface area contributed by atoms with Crippen molar-refractivity contribution < 1.29 is 23.1 Å². The van der Waals surface area contributed by atoms with Crippen LogP contribution in [0.2, 0.25) is 5.02 Å². The number of aryl methyl sites for hydroxylation is 1. The molecule has 2 heterocycles. The summed E-state index contributed by atoms with van der Waals surface area (Å²) in [6, 6.07) is 4.79. The molecule has 2 aliphatic rings. The number of nitrogens with zero attached hydrogens (tertiary/aromatic N) is 5. The fraction of sp³-hybridized carbons (Fsp3) is 0.333. The van der Waals surface area contributed by atoms with Crippen molar-refractivity contribution in [2.45, 2.75) is 46.6 Å². The first-order chi connectivity index (χ1) is 18.8. The molecule has 0 spiro atoms. The second kappa shape index (κ2) is 12.2. The molecule has 210 valence electrons. The van der Waals surface area contributed by atoms with E-state index >= 15 is 0 Å². The van der Waals surface area contributed by atoms with E-state index in [1.54, 1.807) is 31.2 Å². The Hall–Kier alpha value is -3.07. The number of amides is 1. The summed E-state index contributed by atoms with van der Waals surface area (Å²) in [6.45, 7) is 6.84. The maximum Gasteiger partial charge on any atom is 0.356 e. The van der Waals surface area contributed by atoms with Crippen LogP contribution in [0.1, 0.15) is 59.3 Å². The van der Waals surface area contributed by atoms with Crippen LogP contribution in [0.15, 0.2) is 57.9 Å². The third kappa shape index (κ3) is 6.79. The Morgan fingerprint density at radius 2 is 2.00 bits per heavy atom. The van der Waals surface area contributed by atoms with Crippen molar-refractivity contribution in [2.24, 2.45) is 16.2 Å². The summed E-state index contributed by atoms with van der Waals surface area (Å²) in [5.74, 6) is -3.74. The lowest BCUT2D eigenvalue weighted by atomic mass is 10.1. The Bertz CT molecular complexity index is 1520. The van der Waals surface area contributed by atoms with E-state index in [2.05, 4.69) is 20.7 Å². The number of hydrogen-bond acceptors (Lipinski definition) is 5. The van der Waals surface area contributed by atoms with Gasteiger partial charge in [0.05, 0.1) is 16.0 Å². The lowest BCUT2D eigenvalue weighted by Crippen LogP contribution is -2.38. The Morgan fingerprint density at radius 3 is 2.65 bits per heavy atom. The summed E-state index contributed by atoms with van der Waals surface area (Å²) in [7, 11) is -0.453. The van der Waals surface area contributed by atoms with Crippen LogP contribution < -0.4 is 10.6 Å². The van der Waals surface area contributed by atoms with E-state index in [0.29, 0.717) is 50.8 Å². The molecule has 40 heavy (non-hydrogen) atoms. The number of nitrogens with one attached hydrogen (secondary N) is 1. The number of hydrogen-bond donors (Lipinski definition) is 1. The number of carbonyl (C=O) groups is 2. The topological polar surface area (TPSA) is 91.7 Å². The van der Waals surface area contributed by atoms with Crippen molar-refractivity contribution in [3.05, 3.63) is 75.1 Å². The molecule has 1 aromatic heterocycles. The first-order valence-corrected chi connectivity index (χ1v) is 14.3. The second-order valence-corrected chi connectivity index (χ2v) is 11.9. The Balaban J connectivity index is 1.71. The van der Waals surface area contributed by atoms with Crippen LogP contribution >= 0.6 is 31.8 Å². The summed E-state index contributed by atoms with van der Waals surface area (Å²) < 4.78 is 30.1. The smallest absolute Gasteiger partial charge is 0.352 e. The Labute approximate surface area is 242 Å². The van der Waals surface area contributed by atoms with Gasteiger partial charge < -0.3 is 5.32 Å². The third-order valence-corrected chi connectivity index (χ3v) is 7.88. The van der Waals surface area contributed by atoms with E-state index in [0.717, 1.165) is 11.6 Å². The number of alkyl halides is 2.